The molecule has 1 rings (SSSR count). The van der Waals surface area contributed by atoms with Gasteiger partial charge in [0.05, 0.1) is 12.5 Å². The first kappa shape index (κ1) is 11.1. The molecule has 0 aliphatic heterocycles. The topological polar surface area (TPSA) is 73.1 Å². The highest BCUT2D eigenvalue weighted by Gasteiger charge is 2.06. The maximum Gasteiger partial charge on any atom is 0.225 e. The molecule has 1 aromatic rings. The van der Waals surface area contributed by atoms with E-state index in [4.69, 9.17) is 10.4 Å². The van der Waals surface area contributed by atoms with Gasteiger partial charge in [-0.15, -0.1) is 0 Å². The minimum absolute atomic E-state index is 0.133. The summed E-state index contributed by atoms with van der Waals surface area (Å²) in [6.45, 7) is 1.61. The highest BCUT2D eigenvalue weighted by atomic mass is 16.3. The van der Waals surface area contributed by atoms with Crippen LogP contribution in [0.1, 0.15) is 12.5 Å². The summed E-state index contributed by atoms with van der Waals surface area (Å²) in [4.78, 5) is 11.3. The molecule has 0 bridgehead atoms. The number of carbonyl (C=O) groups is 1. The average Bonchev–Trinajstić information content (AvgIpc) is 2.17. The Balaban J connectivity index is 2.56. The number of phenolic OH excluding ortho intramolecular Hbond substituents is 1. The molecular weight excluding hydrogens is 192 g/mol. The summed E-state index contributed by atoms with van der Waals surface area (Å²) in [6, 6.07) is 7.90. The van der Waals surface area contributed by atoms with Crippen molar-refractivity contribution in [1.29, 1.82) is 5.26 Å². The van der Waals surface area contributed by atoms with Gasteiger partial charge in [0.2, 0.25) is 5.91 Å². The number of hydrogen-bond acceptors (Lipinski definition) is 3. The fourth-order valence-corrected chi connectivity index (χ4v) is 1.18. The second-order valence-electron chi connectivity index (χ2n) is 3.26. The Morgan fingerprint density at radius 2 is 2.40 bits per heavy atom. The molecule has 15 heavy (non-hydrogen) atoms. The highest BCUT2D eigenvalue weighted by Crippen LogP contribution is 2.11. The van der Waals surface area contributed by atoms with Gasteiger partial charge in [-0.1, -0.05) is 12.1 Å². The van der Waals surface area contributed by atoms with Gasteiger partial charge < -0.3 is 10.4 Å². The first-order valence-electron chi connectivity index (χ1n) is 4.58. The van der Waals surface area contributed by atoms with E-state index in [-0.39, 0.29) is 18.1 Å². The molecule has 1 unspecified atom stereocenters. The summed E-state index contributed by atoms with van der Waals surface area (Å²) >= 11 is 0. The van der Waals surface area contributed by atoms with Gasteiger partial charge in [0, 0.05) is 0 Å². The number of benzene rings is 1. The molecule has 1 atom stereocenters. The number of carbonyl (C=O) groups excluding carboxylic acids is 1. The molecule has 0 saturated carbocycles. The summed E-state index contributed by atoms with van der Waals surface area (Å²) in [7, 11) is 0. The number of phenols is 1. The summed E-state index contributed by atoms with van der Waals surface area (Å²) in [6.07, 6.45) is 0.167. The third-order valence-corrected chi connectivity index (χ3v) is 1.85. The lowest BCUT2D eigenvalue weighted by molar-refractivity contribution is -0.120. The molecule has 4 nitrogen and oxygen atoms in total. The molecular formula is C11H12N2O2. The quantitative estimate of drug-likeness (QED) is 0.770. The summed E-state index contributed by atoms with van der Waals surface area (Å²) in [5, 5.41) is 20.2. The molecule has 4 heteroatoms. The van der Waals surface area contributed by atoms with E-state index in [2.05, 4.69) is 5.32 Å². The van der Waals surface area contributed by atoms with Gasteiger partial charge in [0.15, 0.2) is 0 Å². The zero-order chi connectivity index (χ0) is 11.3. The van der Waals surface area contributed by atoms with E-state index in [0.29, 0.717) is 0 Å². The van der Waals surface area contributed by atoms with E-state index in [1.54, 1.807) is 25.1 Å². The van der Waals surface area contributed by atoms with E-state index >= 15 is 0 Å². The highest BCUT2D eigenvalue weighted by molar-refractivity contribution is 5.79. The predicted molar refractivity (Wildman–Crippen MR) is 55.0 cm³/mol. The average molecular weight is 204 g/mol. The molecule has 0 radical (unpaired) electrons. The number of nitrogens with zero attached hydrogens (tertiary/aromatic N) is 1. The van der Waals surface area contributed by atoms with Gasteiger partial charge in [-0.3, -0.25) is 4.79 Å². The van der Waals surface area contributed by atoms with E-state index in [1.807, 2.05) is 6.07 Å². The third kappa shape index (κ3) is 3.69. The van der Waals surface area contributed by atoms with Gasteiger partial charge in [0.25, 0.3) is 0 Å². The second-order valence-corrected chi connectivity index (χ2v) is 3.26. The van der Waals surface area contributed by atoms with Crippen molar-refractivity contribution in [2.75, 3.05) is 0 Å². The van der Waals surface area contributed by atoms with Gasteiger partial charge in [-0.25, -0.2) is 0 Å². The largest absolute Gasteiger partial charge is 0.508 e. The normalized spacial score (nSPS) is 11.5. The minimum atomic E-state index is -0.491. The van der Waals surface area contributed by atoms with Gasteiger partial charge in [0.1, 0.15) is 11.8 Å². The first-order chi connectivity index (χ1) is 7.11. The maximum atomic E-state index is 11.3. The Morgan fingerprint density at radius 1 is 1.67 bits per heavy atom. The third-order valence-electron chi connectivity index (χ3n) is 1.85. The van der Waals surface area contributed by atoms with E-state index in [9.17, 15) is 4.79 Å². The molecule has 1 aromatic carbocycles. The Labute approximate surface area is 88.2 Å². The smallest absolute Gasteiger partial charge is 0.225 e. The first-order valence-corrected chi connectivity index (χ1v) is 4.58. The molecule has 0 saturated heterocycles. The van der Waals surface area contributed by atoms with Crippen LogP contribution < -0.4 is 5.32 Å². The van der Waals surface area contributed by atoms with Gasteiger partial charge in [-0.05, 0) is 24.6 Å². The van der Waals surface area contributed by atoms with Crippen molar-refractivity contribution in [2.24, 2.45) is 0 Å². The van der Waals surface area contributed by atoms with Crippen LogP contribution in [0.15, 0.2) is 24.3 Å². The summed E-state index contributed by atoms with van der Waals surface area (Å²) in [5.41, 5.74) is 0.720. The maximum absolute atomic E-state index is 11.3. The Kier molecular flexibility index (Phi) is 3.69. The minimum Gasteiger partial charge on any atom is -0.508 e. The molecule has 0 aliphatic carbocycles. The van der Waals surface area contributed by atoms with Crippen molar-refractivity contribution in [3.63, 3.8) is 0 Å². The van der Waals surface area contributed by atoms with Crippen molar-refractivity contribution in [3.8, 4) is 11.8 Å². The van der Waals surface area contributed by atoms with Crippen molar-refractivity contribution in [1.82, 2.24) is 5.32 Å². The molecule has 0 spiro atoms. The summed E-state index contributed by atoms with van der Waals surface area (Å²) in [5.74, 6) is -0.0942. The standard InChI is InChI=1S/C11H12N2O2/c1-8(7-12)13-11(15)6-9-3-2-4-10(14)5-9/h2-5,8,14H,6H2,1H3,(H,13,15). The lowest BCUT2D eigenvalue weighted by Crippen LogP contribution is -2.32. The van der Waals surface area contributed by atoms with Crippen molar-refractivity contribution in [2.45, 2.75) is 19.4 Å². The molecule has 0 aromatic heterocycles. The van der Waals surface area contributed by atoms with Crippen LogP contribution in [0.3, 0.4) is 0 Å². The van der Waals surface area contributed by atoms with Crippen LogP contribution in [0, 0.1) is 11.3 Å². The molecule has 78 valence electrons. The van der Waals surface area contributed by atoms with Gasteiger partial charge >= 0.3 is 0 Å². The van der Waals surface area contributed by atoms with Crippen molar-refractivity contribution in [3.05, 3.63) is 29.8 Å². The second kappa shape index (κ2) is 5.01. The fourth-order valence-electron chi connectivity index (χ4n) is 1.18. The number of rotatable bonds is 3. The number of hydrogen-bond donors (Lipinski definition) is 2. The monoisotopic (exact) mass is 204 g/mol. The zero-order valence-electron chi connectivity index (χ0n) is 8.40. The SMILES string of the molecule is CC(C#N)NC(=O)Cc1cccc(O)c1. The number of aromatic hydroxyl groups is 1. The van der Waals surface area contributed by atoms with E-state index < -0.39 is 6.04 Å². The summed E-state index contributed by atoms with van der Waals surface area (Å²) < 4.78 is 0. The van der Waals surface area contributed by atoms with Crippen molar-refractivity contribution < 1.29 is 9.90 Å². The van der Waals surface area contributed by atoms with Crippen molar-refractivity contribution >= 4 is 5.91 Å². The molecule has 0 heterocycles. The van der Waals surface area contributed by atoms with E-state index in [0.717, 1.165) is 5.56 Å². The fraction of sp³-hybridized carbons (Fsp3) is 0.273. The lowest BCUT2D eigenvalue weighted by atomic mass is 10.1. The van der Waals surface area contributed by atoms with Crippen LogP contribution >= 0.6 is 0 Å². The van der Waals surface area contributed by atoms with Crippen LogP contribution in [0.5, 0.6) is 5.75 Å². The zero-order valence-corrected chi connectivity index (χ0v) is 8.40. The van der Waals surface area contributed by atoms with Crippen LogP contribution in [0.25, 0.3) is 0 Å². The lowest BCUT2D eigenvalue weighted by Gasteiger charge is -2.06. The Morgan fingerprint density at radius 3 is 3.00 bits per heavy atom. The van der Waals surface area contributed by atoms with Crippen LogP contribution in [0.2, 0.25) is 0 Å². The molecule has 0 aliphatic rings. The van der Waals surface area contributed by atoms with Gasteiger partial charge in [-0.2, -0.15) is 5.26 Å². The van der Waals surface area contributed by atoms with Crippen LogP contribution in [0.4, 0.5) is 0 Å². The van der Waals surface area contributed by atoms with Crippen LogP contribution in [-0.4, -0.2) is 17.1 Å². The van der Waals surface area contributed by atoms with E-state index in [1.165, 1.54) is 6.07 Å². The molecule has 2 N–H and O–H groups in total. The predicted octanol–water partition coefficient (Wildman–Crippen LogP) is 0.963. The Hall–Kier alpha value is -2.02. The number of nitriles is 1. The number of nitrogens with one attached hydrogen (secondary N) is 1. The molecule has 0 fully saturated rings. The van der Waals surface area contributed by atoms with Crippen LogP contribution in [-0.2, 0) is 11.2 Å². The number of amides is 1. The molecule has 1 amide bonds. The Bertz CT molecular complexity index is 396.